The van der Waals surface area contributed by atoms with Crippen LogP contribution in [0.4, 0.5) is 0 Å². The van der Waals surface area contributed by atoms with Gasteiger partial charge >= 0.3 is 0 Å². The number of rotatable bonds is 19. The molecule has 36 heavy (non-hydrogen) atoms. The molecule has 0 bridgehead atoms. The molecule has 2 nitrogen and oxygen atoms in total. The monoisotopic (exact) mass is 493 g/mol. The summed E-state index contributed by atoms with van der Waals surface area (Å²) in [6.07, 6.45) is 23.4. The Morgan fingerprint density at radius 3 is 1.83 bits per heavy atom. The van der Waals surface area contributed by atoms with Crippen LogP contribution in [0.25, 0.3) is 10.8 Å². The lowest BCUT2D eigenvalue weighted by Crippen LogP contribution is -2.31. The van der Waals surface area contributed by atoms with Crippen molar-refractivity contribution < 1.29 is 5.11 Å². The van der Waals surface area contributed by atoms with Gasteiger partial charge in [-0.05, 0) is 79.1 Å². The molecule has 202 valence electrons. The highest BCUT2D eigenvalue weighted by molar-refractivity contribution is 5.90. The van der Waals surface area contributed by atoms with Gasteiger partial charge in [0.05, 0.1) is 6.10 Å². The lowest BCUT2D eigenvalue weighted by molar-refractivity contribution is 0.111. The van der Waals surface area contributed by atoms with Crippen LogP contribution in [0.5, 0.6) is 0 Å². The zero-order chi connectivity index (χ0) is 25.4. The van der Waals surface area contributed by atoms with Gasteiger partial charge < -0.3 is 10.0 Å². The first-order valence-electron chi connectivity index (χ1n) is 15.7. The van der Waals surface area contributed by atoms with Crippen molar-refractivity contribution >= 4 is 10.8 Å². The maximum absolute atomic E-state index is 11.5. The first kappa shape index (κ1) is 29.2. The molecular weight excluding hydrogens is 438 g/mol. The molecule has 0 spiro atoms. The van der Waals surface area contributed by atoms with Crippen molar-refractivity contribution in [1.29, 1.82) is 0 Å². The molecule has 1 atom stereocenters. The van der Waals surface area contributed by atoms with E-state index in [0.717, 1.165) is 25.2 Å². The van der Waals surface area contributed by atoms with Crippen molar-refractivity contribution in [2.45, 2.75) is 136 Å². The van der Waals surface area contributed by atoms with Gasteiger partial charge in [-0.15, -0.1) is 0 Å². The number of aliphatic hydroxyl groups excluding tert-OH is 1. The minimum Gasteiger partial charge on any atom is -0.387 e. The molecule has 3 rings (SSSR count). The van der Waals surface area contributed by atoms with Crippen molar-refractivity contribution in [3.8, 4) is 0 Å². The summed E-state index contributed by atoms with van der Waals surface area (Å²) in [5, 5.41) is 14.2. The second kappa shape index (κ2) is 17.2. The number of unbranched alkanes of at least 4 members (excludes halogenated alkanes) is 12. The van der Waals surface area contributed by atoms with Crippen LogP contribution in [0.1, 0.15) is 139 Å². The molecule has 1 N–H and O–H groups in total. The number of benzene rings is 2. The van der Waals surface area contributed by atoms with Gasteiger partial charge in [-0.25, -0.2) is 0 Å². The maximum Gasteiger partial charge on any atom is 0.0923 e. The lowest BCUT2D eigenvalue weighted by atomic mass is 9.84. The first-order valence-corrected chi connectivity index (χ1v) is 15.7. The Kier molecular flexibility index (Phi) is 13.9. The molecule has 0 fully saturated rings. The number of aryl methyl sites for hydroxylation is 2. The van der Waals surface area contributed by atoms with E-state index in [1.165, 1.54) is 137 Å². The zero-order valence-electron chi connectivity index (χ0n) is 23.7. The Balaban J connectivity index is 1.60. The van der Waals surface area contributed by atoms with E-state index in [2.05, 4.69) is 49.1 Å². The van der Waals surface area contributed by atoms with E-state index in [9.17, 15) is 5.11 Å². The predicted molar refractivity (Wildman–Crippen MR) is 158 cm³/mol. The fraction of sp³-hybridized carbons (Fsp3) is 0.706. The van der Waals surface area contributed by atoms with Gasteiger partial charge in [-0.1, -0.05) is 121 Å². The van der Waals surface area contributed by atoms with Gasteiger partial charge in [-0.3, -0.25) is 0 Å². The summed E-state index contributed by atoms with van der Waals surface area (Å²) < 4.78 is 0. The Hall–Kier alpha value is -1.38. The highest BCUT2D eigenvalue weighted by Gasteiger charge is 2.20. The van der Waals surface area contributed by atoms with Crippen molar-refractivity contribution in [1.82, 2.24) is 4.90 Å². The molecule has 0 radical (unpaired) electrons. The number of hydrogen-bond donors (Lipinski definition) is 1. The fourth-order valence-electron chi connectivity index (χ4n) is 6.16. The third-order valence-electron chi connectivity index (χ3n) is 8.35. The first-order chi connectivity index (χ1) is 17.7. The lowest BCUT2D eigenvalue weighted by Gasteiger charge is -2.27. The molecule has 0 aliphatic heterocycles. The molecule has 0 saturated heterocycles. The summed E-state index contributed by atoms with van der Waals surface area (Å²) in [4.78, 5) is 2.58. The van der Waals surface area contributed by atoms with Crippen LogP contribution in [-0.2, 0) is 12.8 Å². The molecule has 1 aliphatic rings. The Bertz CT molecular complexity index is 842. The summed E-state index contributed by atoms with van der Waals surface area (Å²) in [6.45, 7) is 7.61. The minimum atomic E-state index is -0.406. The summed E-state index contributed by atoms with van der Waals surface area (Å²) in [6, 6.07) is 11.2. The predicted octanol–water partition coefficient (Wildman–Crippen LogP) is 9.56. The second-order valence-electron chi connectivity index (χ2n) is 11.4. The number of fused-ring (bicyclic) bond motifs is 3. The Morgan fingerprint density at radius 2 is 1.22 bits per heavy atom. The van der Waals surface area contributed by atoms with E-state index in [1.54, 1.807) is 0 Å². The van der Waals surface area contributed by atoms with Crippen LogP contribution in [0.15, 0.2) is 30.3 Å². The van der Waals surface area contributed by atoms with Crippen molar-refractivity contribution in [3.63, 3.8) is 0 Å². The van der Waals surface area contributed by atoms with Gasteiger partial charge in [0, 0.05) is 6.54 Å². The van der Waals surface area contributed by atoms with Gasteiger partial charge in [0.15, 0.2) is 0 Å². The van der Waals surface area contributed by atoms with Crippen molar-refractivity contribution in [2.24, 2.45) is 0 Å². The van der Waals surface area contributed by atoms with Crippen LogP contribution in [-0.4, -0.2) is 29.6 Å². The quantitative estimate of drug-likeness (QED) is 0.197. The molecule has 0 heterocycles. The van der Waals surface area contributed by atoms with Crippen molar-refractivity contribution in [2.75, 3.05) is 19.6 Å². The second-order valence-corrected chi connectivity index (χ2v) is 11.4. The number of nitrogens with zero attached hydrogens (tertiary/aromatic N) is 1. The van der Waals surface area contributed by atoms with Gasteiger partial charge in [-0.2, -0.15) is 0 Å². The SMILES string of the molecule is CCCCCCCCCN(CCCCCCCCC)C[C@@H](O)c1cc2c(c3ccccc13)CCCC2. The summed E-state index contributed by atoms with van der Waals surface area (Å²) in [5.41, 5.74) is 4.19. The highest BCUT2D eigenvalue weighted by Crippen LogP contribution is 2.34. The minimum absolute atomic E-state index is 0.406. The smallest absolute Gasteiger partial charge is 0.0923 e. The van der Waals surface area contributed by atoms with Crippen LogP contribution in [0.2, 0.25) is 0 Å². The van der Waals surface area contributed by atoms with Crippen LogP contribution in [0, 0.1) is 0 Å². The normalized spacial score (nSPS) is 14.4. The van der Waals surface area contributed by atoms with Crippen LogP contribution >= 0.6 is 0 Å². The van der Waals surface area contributed by atoms with E-state index in [-0.39, 0.29) is 0 Å². The average Bonchev–Trinajstić information content (AvgIpc) is 2.91. The largest absolute Gasteiger partial charge is 0.387 e. The molecule has 2 aromatic rings. The van der Waals surface area contributed by atoms with Crippen LogP contribution in [0.3, 0.4) is 0 Å². The Morgan fingerprint density at radius 1 is 0.694 bits per heavy atom. The van der Waals surface area contributed by atoms with E-state index >= 15 is 0 Å². The van der Waals surface area contributed by atoms with Crippen LogP contribution < -0.4 is 0 Å². The molecule has 0 aromatic heterocycles. The third-order valence-corrected chi connectivity index (χ3v) is 8.35. The third kappa shape index (κ3) is 9.49. The molecule has 2 heteroatoms. The van der Waals surface area contributed by atoms with E-state index in [1.807, 2.05) is 0 Å². The fourth-order valence-corrected chi connectivity index (χ4v) is 6.16. The topological polar surface area (TPSA) is 23.5 Å². The molecule has 0 amide bonds. The van der Waals surface area contributed by atoms with Gasteiger partial charge in [0.1, 0.15) is 0 Å². The molecule has 0 unspecified atom stereocenters. The Labute approximate surface area is 222 Å². The van der Waals surface area contributed by atoms with Crippen molar-refractivity contribution in [3.05, 3.63) is 47.0 Å². The molecule has 0 saturated carbocycles. The highest BCUT2D eigenvalue weighted by atomic mass is 16.3. The summed E-state index contributed by atoms with van der Waals surface area (Å²) >= 11 is 0. The zero-order valence-corrected chi connectivity index (χ0v) is 23.7. The summed E-state index contributed by atoms with van der Waals surface area (Å²) in [5.74, 6) is 0. The summed E-state index contributed by atoms with van der Waals surface area (Å²) in [7, 11) is 0. The van der Waals surface area contributed by atoms with Gasteiger partial charge in [0.25, 0.3) is 0 Å². The van der Waals surface area contributed by atoms with E-state index in [4.69, 9.17) is 0 Å². The average molecular weight is 494 g/mol. The van der Waals surface area contributed by atoms with Gasteiger partial charge in [0.2, 0.25) is 0 Å². The number of hydrogen-bond acceptors (Lipinski definition) is 2. The maximum atomic E-state index is 11.5. The standard InChI is InChI=1S/C34H55NO/c1-3-5-7-9-11-13-19-25-35(26-20-14-12-10-8-6-4-2)28-34(36)33-27-29-21-15-16-22-30(29)31-23-17-18-24-32(31)33/h17-18,23-24,27,34,36H,3-16,19-22,25-26,28H2,1-2H3/t34-/m1/s1. The van der Waals surface area contributed by atoms with E-state index < -0.39 is 6.10 Å². The molecule has 1 aliphatic carbocycles. The number of aliphatic hydroxyl groups is 1. The van der Waals surface area contributed by atoms with E-state index in [0.29, 0.717) is 0 Å². The molecular formula is C34H55NO. The molecule has 2 aromatic carbocycles.